The molecule has 0 aliphatic heterocycles. The SMILES string of the molecule is O=C(Cc1ccc(OC2CCC(C(=O)O)CC2)nc1)c1nnc(Nc2ccc(OC(F)(F)F)cc2)o1. The number of rotatable bonds is 9. The number of ether oxygens (including phenoxy) is 2. The summed E-state index contributed by atoms with van der Waals surface area (Å²) in [6.07, 6.45) is -1.05. The molecule has 2 aromatic heterocycles. The van der Waals surface area contributed by atoms with E-state index in [1.807, 2.05) is 0 Å². The molecule has 2 N–H and O–H groups in total. The number of hydrogen-bond donors (Lipinski definition) is 2. The van der Waals surface area contributed by atoms with Gasteiger partial charge in [0, 0.05) is 24.4 Å². The van der Waals surface area contributed by atoms with Crippen molar-refractivity contribution in [3.63, 3.8) is 0 Å². The van der Waals surface area contributed by atoms with Gasteiger partial charge < -0.3 is 24.3 Å². The number of ketones is 1. The van der Waals surface area contributed by atoms with Crippen LogP contribution in [0.3, 0.4) is 0 Å². The summed E-state index contributed by atoms with van der Waals surface area (Å²) in [5.74, 6) is -1.80. The molecule has 13 heteroatoms. The number of carboxylic acid groups (broad SMARTS) is 1. The van der Waals surface area contributed by atoms with Crippen LogP contribution in [-0.4, -0.2) is 44.5 Å². The number of aromatic nitrogens is 3. The molecule has 1 fully saturated rings. The normalized spacial score (nSPS) is 17.9. The second kappa shape index (κ2) is 10.6. The van der Waals surface area contributed by atoms with E-state index in [2.05, 4.69) is 25.2 Å². The molecule has 36 heavy (non-hydrogen) atoms. The van der Waals surface area contributed by atoms with Crippen molar-refractivity contribution in [1.29, 1.82) is 0 Å². The molecule has 0 atom stereocenters. The molecule has 2 heterocycles. The summed E-state index contributed by atoms with van der Waals surface area (Å²) in [5, 5.41) is 19.2. The fraction of sp³-hybridized carbons (Fsp3) is 0.348. The Hall–Kier alpha value is -4.16. The molecule has 0 spiro atoms. The van der Waals surface area contributed by atoms with E-state index < -0.39 is 18.1 Å². The number of carbonyl (C=O) groups is 2. The van der Waals surface area contributed by atoms with Crippen molar-refractivity contribution in [1.82, 2.24) is 15.2 Å². The Morgan fingerprint density at radius 1 is 1.06 bits per heavy atom. The lowest BCUT2D eigenvalue weighted by Gasteiger charge is -2.26. The van der Waals surface area contributed by atoms with Crippen LogP contribution >= 0.6 is 0 Å². The minimum Gasteiger partial charge on any atom is -0.481 e. The number of aliphatic carboxylic acids is 1. The summed E-state index contributed by atoms with van der Waals surface area (Å²) in [5.41, 5.74) is 0.943. The molecule has 1 saturated carbocycles. The van der Waals surface area contributed by atoms with Crippen molar-refractivity contribution in [2.45, 2.75) is 44.6 Å². The molecular formula is C23H21F3N4O6. The zero-order valence-electron chi connectivity index (χ0n) is 18.7. The van der Waals surface area contributed by atoms with E-state index in [1.165, 1.54) is 18.3 Å². The fourth-order valence-electron chi connectivity index (χ4n) is 3.69. The van der Waals surface area contributed by atoms with Crippen molar-refractivity contribution in [2.24, 2.45) is 5.92 Å². The van der Waals surface area contributed by atoms with Crippen LogP contribution in [-0.2, 0) is 11.2 Å². The predicted molar refractivity (Wildman–Crippen MR) is 117 cm³/mol. The number of anilines is 2. The number of nitrogens with zero attached hydrogens (tertiary/aromatic N) is 3. The van der Waals surface area contributed by atoms with E-state index in [0.717, 1.165) is 12.1 Å². The lowest BCUT2D eigenvalue weighted by Crippen LogP contribution is -2.28. The number of carboxylic acids is 1. The Balaban J connectivity index is 1.27. The van der Waals surface area contributed by atoms with Gasteiger partial charge in [0.1, 0.15) is 11.9 Å². The average Bonchev–Trinajstić information content (AvgIpc) is 3.30. The Morgan fingerprint density at radius 3 is 2.39 bits per heavy atom. The Morgan fingerprint density at radius 2 is 1.78 bits per heavy atom. The van der Waals surface area contributed by atoms with Gasteiger partial charge in [-0.15, -0.1) is 18.3 Å². The second-order valence-electron chi connectivity index (χ2n) is 8.14. The third-order valence-electron chi connectivity index (χ3n) is 5.48. The number of hydrogen-bond acceptors (Lipinski definition) is 9. The Kier molecular flexibility index (Phi) is 7.36. The van der Waals surface area contributed by atoms with Gasteiger partial charge in [0.2, 0.25) is 11.7 Å². The van der Waals surface area contributed by atoms with Crippen molar-refractivity contribution in [3.05, 3.63) is 54.0 Å². The van der Waals surface area contributed by atoms with E-state index in [4.69, 9.17) is 14.3 Å². The van der Waals surface area contributed by atoms with E-state index >= 15 is 0 Å². The quantitative estimate of drug-likeness (QED) is 0.398. The molecule has 1 aliphatic carbocycles. The molecule has 190 valence electrons. The third kappa shape index (κ3) is 6.93. The highest BCUT2D eigenvalue weighted by Crippen LogP contribution is 2.28. The van der Waals surface area contributed by atoms with Gasteiger partial charge >= 0.3 is 18.3 Å². The van der Waals surface area contributed by atoms with E-state index in [1.54, 1.807) is 12.1 Å². The Bertz CT molecular complexity index is 1190. The van der Waals surface area contributed by atoms with Crippen LogP contribution in [0.1, 0.15) is 41.9 Å². The largest absolute Gasteiger partial charge is 0.573 e. The summed E-state index contributed by atoms with van der Waals surface area (Å²) in [7, 11) is 0. The van der Waals surface area contributed by atoms with Crippen molar-refractivity contribution in [2.75, 3.05) is 5.32 Å². The first-order chi connectivity index (χ1) is 17.1. The summed E-state index contributed by atoms with van der Waals surface area (Å²) in [6.45, 7) is 0. The van der Waals surface area contributed by atoms with Crippen molar-refractivity contribution < 1.29 is 41.8 Å². The first kappa shape index (κ1) is 24.9. The van der Waals surface area contributed by atoms with Gasteiger partial charge in [-0.05, 0) is 55.5 Å². The highest BCUT2D eigenvalue weighted by Gasteiger charge is 2.31. The van der Waals surface area contributed by atoms with Gasteiger partial charge in [-0.3, -0.25) is 9.59 Å². The smallest absolute Gasteiger partial charge is 0.481 e. The molecule has 3 aromatic rings. The first-order valence-corrected chi connectivity index (χ1v) is 11.0. The van der Waals surface area contributed by atoms with Crippen LogP contribution in [0, 0.1) is 5.92 Å². The van der Waals surface area contributed by atoms with Crippen LogP contribution in [0.5, 0.6) is 11.6 Å². The lowest BCUT2D eigenvalue weighted by atomic mass is 9.87. The van der Waals surface area contributed by atoms with Crippen LogP contribution in [0.25, 0.3) is 0 Å². The minimum absolute atomic E-state index is 0.0535. The molecule has 1 aromatic carbocycles. The molecule has 0 amide bonds. The third-order valence-corrected chi connectivity index (χ3v) is 5.48. The minimum atomic E-state index is -4.79. The number of halogens is 3. The zero-order chi connectivity index (χ0) is 25.7. The monoisotopic (exact) mass is 506 g/mol. The maximum Gasteiger partial charge on any atom is 0.573 e. The summed E-state index contributed by atoms with van der Waals surface area (Å²) in [6, 6.07) is 8.07. The topological polar surface area (TPSA) is 137 Å². The molecule has 1 aliphatic rings. The summed E-state index contributed by atoms with van der Waals surface area (Å²) >= 11 is 0. The number of Topliss-reactive ketones (excluding diaryl/α,β-unsaturated/α-hetero) is 1. The summed E-state index contributed by atoms with van der Waals surface area (Å²) in [4.78, 5) is 27.7. The van der Waals surface area contributed by atoms with Crippen LogP contribution in [0.2, 0.25) is 0 Å². The maximum absolute atomic E-state index is 12.5. The molecular weight excluding hydrogens is 485 g/mol. The number of nitrogens with one attached hydrogen (secondary N) is 1. The van der Waals surface area contributed by atoms with Gasteiger partial charge in [0.25, 0.3) is 5.89 Å². The molecule has 0 radical (unpaired) electrons. The van der Waals surface area contributed by atoms with Crippen LogP contribution in [0.4, 0.5) is 24.9 Å². The van der Waals surface area contributed by atoms with Gasteiger partial charge in [0.15, 0.2) is 0 Å². The van der Waals surface area contributed by atoms with Crippen LogP contribution < -0.4 is 14.8 Å². The zero-order valence-corrected chi connectivity index (χ0v) is 18.7. The predicted octanol–water partition coefficient (Wildman–Crippen LogP) is 4.55. The standard InChI is InChI=1S/C23H21F3N4O6/c24-23(25,26)36-17-8-4-15(5-9-17)28-22-30-29-20(35-22)18(31)11-13-1-10-19(27-12-13)34-16-6-2-14(3-7-16)21(32)33/h1,4-5,8-10,12,14,16H,2-3,6-7,11H2,(H,28,30)(H,32,33). The first-order valence-electron chi connectivity index (χ1n) is 11.0. The van der Waals surface area contributed by atoms with Gasteiger partial charge in [-0.2, -0.15) is 0 Å². The van der Waals surface area contributed by atoms with E-state index in [9.17, 15) is 22.8 Å². The number of pyridine rings is 1. The molecule has 0 bridgehead atoms. The van der Waals surface area contributed by atoms with Crippen LogP contribution in [0.15, 0.2) is 47.0 Å². The van der Waals surface area contributed by atoms with Gasteiger partial charge in [0.05, 0.1) is 5.92 Å². The maximum atomic E-state index is 12.5. The fourth-order valence-corrected chi connectivity index (χ4v) is 3.69. The summed E-state index contributed by atoms with van der Waals surface area (Å²) < 4.78 is 51.6. The molecule has 10 nitrogen and oxygen atoms in total. The lowest BCUT2D eigenvalue weighted by molar-refractivity contribution is -0.274. The van der Waals surface area contributed by atoms with Gasteiger partial charge in [-0.1, -0.05) is 11.2 Å². The highest BCUT2D eigenvalue weighted by molar-refractivity contribution is 5.93. The van der Waals surface area contributed by atoms with Crippen molar-refractivity contribution in [3.8, 4) is 11.6 Å². The molecule has 0 saturated heterocycles. The molecule has 0 unspecified atom stereocenters. The van der Waals surface area contributed by atoms with Crippen molar-refractivity contribution >= 4 is 23.5 Å². The average molecular weight is 506 g/mol. The number of benzene rings is 1. The molecule has 4 rings (SSSR count). The number of alkyl halides is 3. The number of carbonyl (C=O) groups excluding carboxylic acids is 1. The van der Waals surface area contributed by atoms with Gasteiger partial charge in [-0.25, -0.2) is 4.98 Å². The van der Waals surface area contributed by atoms with E-state index in [0.29, 0.717) is 42.8 Å². The van der Waals surface area contributed by atoms with E-state index in [-0.39, 0.29) is 36.1 Å². The second-order valence-corrected chi connectivity index (χ2v) is 8.14. The Labute approximate surface area is 202 Å². The highest BCUT2D eigenvalue weighted by atomic mass is 19.4.